The number of nitrogens with zero attached hydrogens (tertiary/aromatic N) is 2. The van der Waals surface area contributed by atoms with Crippen LogP contribution in [-0.2, 0) is 0 Å². The van der Waals surface area contributed by atoms with Crippen LogP contribution in [0.15, 0.2) is 24.4 Å². The molecule has 90 valence electrons. The lowest BCUT2D eigenvalue weighted by molar-refractivity contribution is 0.302. The third-order valence-electron chi connectivity index (χ3n) is 3.89. The summed E-state index contributed by atoms with van der Waals surface area (Å²) < 4.78 is 5.36. The molecule has 1 saturated heterocycles. The predicted molar refractivity (Wildman–Crippen MR) is 67.9 cm³/mol. The van der Waals surface area contributed by atoms with Crippen LogP contribution in [-0.4, -0.2) is 36.1 Å². The lowest BCUT2D eigenvalue weighted by Gasteiger charge is -2.27. The van der Waals surface area contributed by atoms with Crippen molar-refractivity contribution in [2.24, 2.45) is 5.92 Å². The van der Waals surface area contributed by atoms with Gasteiger partial charge in [0.05, 0.1) is 7.11 Å². The summed E-state index contributed by atoms with van der Waals surface area (Å²) in [5.41, 5.74) is 2.58. The number of fused-ring (bicyclic) bond motifs is 2. The minimum atomic E-state index is 0.572. The van der Waals surface area contributed by atoms with Gasteiger partial charge in [-0.1, -0.05) is 13.0 Å². The molecule has 17 heavy (non-hydrogen) atoms. The van der Waals surface area contributed by atoms with Crippen molar-refractivity contribution >= 4 is 5.57 Å². The molecule has 1 fully saturated rings. The molecule has 2 bridgehead atoms. The van der Waals surface area contributed by atoms with E-state index < -0.39 is 0 Å². The SMILES string of the molecule is CCN1CC2C=C(c3cccnc3OC)C1C2. The highest BCUT2D eigenvalue weighted by Gasteiger charge is 2.39. The summed E-state index contributed by atoms with van der Waals surface area (Å²) in [5, 5.41) is 0. The summed E-state index contributed by atoms with van der Waals surface area (Å²) in [6, 6.07) is 4.68. The molecule has 1 aromatic rings. The molecule has 3 rings (SSSR count). The molecule has 2 heterocycles. The molecule has 1 aromatic heterocycles. The van der Waals surface area contributed by atoms with Crippen LogP contribution < -0.4 is 4.74 Å². The summed E-state index contributed by atoms with van der Waals surface area (Å²) in [7, 11) is 1.69. The van der Waals surface area contributed by atoms with Crippen molar-refractivity contribution in [2.45, 2.75) is 19.4 Å². The Kier molecular flexibility index (Phi) is 2.63. The van der Waals surface area contributed by atoms with Gasteiger partial charge in [-0.2, -0.15) is 0 Å². The standard InChI is InChI=1S/C14H18N2O/c1-3-16-9-10-7-12(13(16)8-10)11-5-4-6-15-14(11)17-2/h4-7,10,13H,3,8-9H2,1-2H3. The van der Waals surface area contributed by atoms with E-state index in [9.17, 15) is 0 Å². The number of ether oxygens (including phenoxy) is 1. The molecule has 0 N–H and O–H groups in total. The monoisotopic (exact) mass is 230 g/mol. The van der Waals surface area contributed by atoms with Gasteiger partial charge in [-0.15, -0.1) is 0 Å². The first kappa shape index (κ1) is 10.8. The molecule has 0 aromatic carbocycles. The fourth-order valence-electron chi connectivity index (χ4n) is 3.14. The summed E-state index contributed by atoms with van der Waals surface area (Å²) in [6.07, 6.45) is 5.46. The summed E-state index contributed by atoms with van der Waals surface area (Å²) in [4.78, 5) is 6.84. The van der Waals surface area contributed by atoms with E-state index in [2.05, 4.69) is 29.0 Å². The van der Waals surface area contributed by atoms with E-state index >= 15 is 0 Å². The van der Waals surface area contributed by atoms with Crippen LogP contribution in [0.4, 0.5) is 0 Å². The Morgan fingerprint density at radius 2 is 2.41 bits per heavy atom. The van der Waals surface area contributed by atoms with E-state index in [1.54, 1.807) is 13.3 Å². The van der Waals surface area contributed by atoms with Crippen LogP contribution >= 0.6 is 0 Å². The van der Waals surface area contributed by atoms with E-state index in [0.29, 0.717) is 6.04 Å². The Morgan fingerprint density at radius 1 is 1.53 bits per heavy atom. The second kappa shape index (κ2) is 4.15. The van der Waals surface area contributed by atoms with Crippen LogP contribution in [0.5, 0.6) is 5.88 Å². The van der Waals surface area contributed by atoms with Crippen LogP contribution in [0.3, 0.4) is 0 Å². The van der Waals surface area contributed by atoms with E-state index in [0.717, 1.165) is 18.3 Å². The number of methoxy groups -OCH3 is 1. The van der Waals surface area contributed by atoms with Gasteiger partial charge < -0.3 is 4.74 Å². The molecule has 2 unspecified atom stereocenters. The lowest BCUT2D eigenvalue weighted by Crippen LogP contribution is -2.32. The first-order valence-electron chi connectivity index (χ1n) is 6.28. The number of likely N-dealkylation sites (N-methyl/N-ethyl adjacent to an activating group) is 1. The highest BCUT2D eigenvalue weighted by Crippen LogP contribution is 2.43. The van der Waals surface area contributed by atoms with E-state index in [-0.39, 0.29) is 0 Å². The minimum absolute atomic E-state index is 0.572. The fourth-order valence-corrected chi connectivity index (χ4v) is 3.14. The Morgan fingerprint density at radius 3 is 3.12 bits per heavy atom. The largest absolute Gasteiger partial charge is 0.481 e. The lowest BCUT2D eigenvalue weighted by atomic mass is 10.0. The van der Waals surface area contributed by atoms with Crippen molar-refractivity contribution in [1.29, 1.82) is 0 Å². The molecular formula is C14H18N2O. The highest BCUT2D eigenvalue weighted by molar-refractivity contribution is 5.75. The Bertz CT molecular complexity index is 455. The molecule has 0 radical (unpaired) electrons. The molecule has 2 atom stereocenters. The van der Waals surface area contributed by atoms with Crippen molar-refractivity contribution in [3.05, 3.63) is 30.0 Å². The van der Waals surface area contributed by atoms with Crippen molar-refractivity contribution in [2.75, 3.05) is 20.2 Å². The molecule has 1 aliphatic carbocycles. The fraction of sp³-hybridized carbons (Fsp3) is 0.500. The van der Waals surface area contributed by atoms with Crippen LogP contribution in [0, 0.1) is 5.92 Å². The van der Waals surface area contributed by atoms with Crippen LogP contribution in [0.25, 0.3) is 5.57 Å². The van der Waals surface area contributed by atoms with Crippen LogP contribution in [0.2, 0.25) is 0 Å². The smallest absolute Gasteiger partial charge is 0.220 e. The van der Waals surface area contributed by atoms with Gasteiger partial charge in [0.25, 0.3) is 0 Å². The summed E-state index contributed by atoms with van der Waals surface area (Å²) in [5.74, 6) is 1.47. The van der Waals surface area contributed by atoms with Gasteiger partial charge in [0.1, 0.15) is 0 Å². The Hall–Kier alpha value is -1.35. The third kappa shape index (κ3) is 1.65. The maximum Gasteiger partial charge on any atom is 0.220 e. The highest BCUT2D eigenvalue weighted by atomic mass is 16.5. The zero-order valence-electron chi connectivity index (χ0n) is 10.4. The van der Waals surface area contributed by atoms with Gasteiger partial charge in [0.15, 0.2) is 0 Å². The maximum absolute atomic E-state index is 5.36. The Labute approximate surface area is 102 Å². The number of likely N-dealkylation sites (tertiary alicyclic amines) is 1. The third-order valence-corrected chi connectivity index (χ3v) is 3.89. The van der Waals surface area contributed by atoms with Crippen molar-refractivity contribution in [1.82, 2.24) is 9.88 Å². The normalized spacial score (nSPS) is 27.3. The second-order valence-electron chi connectivity index (χ2n) is 4.78. The van der Waals surface area contributed by atoms with Gasteiger partial charge in [-0.05, 0) is 36.6 Å². The van der Waals surface area contributed by atoms with Gasteiger partial charge in [-0.25, -0.2) is 4.98 Å². The van der Waals surface area contributed by atoms with Crippen molar-refractivity contribution in [3.63, 3.8) is 0 Å². The average molecular weight is 230 g/mol. The first-order valence-corrected chi connectivity index (χ1v) is 6.28. The topological polar surface area (TPSA) is 25.4 Å². The Balaban J connectivity index is 1.98. The summed E-state index contributed by atoms with van der Waals surface area (Å²) in [6.45, 7) is 4.58. The molecule has 3 heteroatoms. The van der Waals surface area contributed by atoms with Crippen LogP contribution in [0.1, 0.15) is 18.9 Å². The first-order chi connectivity index (χ1) is 8.33. The molecule has 0 amide bonds. The molecule has 2 aliphatic rings. The zero-order chi connectivity index (χ0) is 11.8. The van der Waals surface area contributed by atoms with Crippen molar-refractivity contribution in [3.8, 4) is 5.88 Å². The van der Waals surface area contributed by atoms with Gasteiger partial charge >= 0.3 is 0 Å². The molecular weight excluding hydrogens is 212 g/mol. The number of rotatable bonds is 3. The molecule has 0 saturated carbocycles. The number of hydrogen-bond acceptors (Lipinski definition) is 3. The maximum atomic E-state index is 5.36. The molecule has 3 nitrogen and oxygen atoms in total. The minimum Gasteiger partial charge on any atom is -0.481 e. The number of hydrogen-bond donors (Lipinski definition) is 0. The second-order valence-corrected chi connectivity index (χ2v) is 4.78. The van der Waals surface area contributed by atoms with E-state index in [1.807, 2.05) is 6.07 Å². The molecule has 0 spiro atoms. The van der Waals surface area contributed by atoms with E-state index in [1.165, 1.54) is 24.1 Å². The predicted octanol–water partition coefficient (Wildman–Crippen LogP) is 2.20. The van der Waals surface area contributed by atoms with Crippen molar-refractivity contribution < 1.29 is 4.74 Å². The van der Waals surface area contributed by atoms with Gasteiger partial charge in [0.2, 0.25) is 5.88 Å². The van der Waals surface area contributed by atoms with Gasteiger partial charge in [0, 0.05) is 24.3 Å². The number of aromatic nitrogens is 1. The summed E-state index contributed by atoms with van der Waals surface area (Å²) >= 11 is 0. The zero-order valence-corrected chi connectivity index (χ0v) is 10.4. The van der Waals surface area contributed by atoms with Gasteiger partial charge in [-0.3, -0.25) is 4.90 Å². The quantitative estimate of drug-likeness (QED) is 0.796. The van der Waals surface area contributed by atoms with E-state index in [4.69, 9.17) is 4.74 Å². The number of pyridine rings is 1. The molecule has 1 aliphatic heterocycles. The average Bonchev–Trinajstić information content (AvgIpc) is 2.97.